The van der Waals surface area contributed by atoms with Crippen LogP contribution in [0.15, 0.2) is 60.4 Å². The highest BCUT2D eigenvalue weighted by atomic mass is 16.6. The summed E-state index contributed by atoms with van der Waals surface area (Å²) in [7, 11) is 0. The number of hydrogen-bond donors (Lipinski definition) is 1. The topological polar surface area (TPSA) is 44.5 Å². The summed E-state index contributed by atoms with van der Waals surface area (Å²) in [5, 5.41) is 0. The van der Waals surface area contributed by atoms with Crippen molar-refractivity contribution >= 4 is 5.76 Å². The Bertz CT molecular complexity index is 590. The van der Waals surface area contributed by atoms with Crippen molar-refractivity contribution in [2.45, 2.75) is 0 Å². The average molecular weight is 239 g/mol. The molecule has 2 N–H and O–H groups in total. The van der Waals surface area contributed by atoms with Gasteiger partial charge in [-0.15, -0.1) is 0 Å². The smallest absolute Gasteiger partial charge is 0.174 e. The van der Waals surface area contributed by atoms with Crippen LogP contribution in [-0.2, 0) is 0 Å². The van der Waals surface area contributed by atoms with Crippen LogP contribution in [0.25, 0.3) is 5.76 Å². The molecule has 90 valence electrons. The highest BCUT2D eigenvalue weighted by Crippen LogP contribution is 2.37. The van der Waals surface area contributed by atoms with Crippen molar-refractivity contribution in [2.75, 3.05) is 6.54 Å². The zero-order valence-corrected chi connectivity index (χ0v) is 9.80. The number of rotatable bonds is 2. The molecular weight excluding hydrogens is 226 g/mol. The highest BCUT2D eigenvalue weighted by molar-refractivity contribution is 5.67. The number of ether oxygens (including phenoxy) is 2. The van der Waals surface area contributed by atoms with Crippen LogP contribution in [0, 0.1) is 0 Å². The Labute approximate surface area is 105 Å². The molecule has 0 saturated carbocycles. The van der Waals surface area contributed by atoms with Crippen LogP contribution in [0.3, 0.4) is 0 Å². The van der Waals surface area contributed by atoms with E-state index in [4.69, 9.17) is 15.2 Å². The monoisotopic (exact) mass is 239 g/mol. The molecular formula is C15H13NO2. The van der Waals surface area contributed by atoms with Crippen molar-refractivity contribution < 1.29 is 9.47 Å². The first-order chi connectivity index (χ1) is 8.88. The van der Waals surface area contributed by atoms with E-state index in [-0.39, 0.29) is 0 Å². The third-order valence-electron chi connectivity index (χ3n) is 2.77. The maximum Gasteiger partial charge on any atom is 0.174 e. The molecule has 0 unspecified atom stereocenters. The predicted molar refractivity (Wildman–Crippen MR) is 70.1 cm³/mol. The summed E-state index contributed by atoms with van der Waals surface area (Å²) in [4.78, 5) is 0. The van der Waals surface area contributed by atoms with Crippen LogP contribution >= 0.6 is 0 Å². The molecule has 0 amide bonds. The van der Waals surface area contributed by atoms with Crippen molar-refractivity contribution in [1.82, 2.24) is 0 Å². The van der Waals surface area contributed by atoms with Crippen molar-refractivity contribution in [3.63, 3.8) is 0 Å². The minimum Gasteiger partial charge on any atom is -0.453 e. The summed E-state index contributed by atoms with van der Waals surface area (Å²) in [6.45, 7) is 0.304. The summed E-state index contributed by atoms with van der Waals surface area (Å²) in [6, 6.07) is 17.4. The standard InChI is InChI=1S/C15H13NO2/c16-10-14-15(11-6-2-1-3-7-11)18-13-9-5-4-8-12(13)17-14/h1-9H,10,16H2. The second-order valence-electron chi connectivity index (χ2n) is 3.97. The largest absolute Gasteiger partial charge is 0.453 e. The summed E-state index contributed by atoms with van der Waals surface area (Å²) >= 11 is 0. The molecule has 3 nitrogen and oxygen atoms in total. The van der Waals surface area contributed by atoms with E-state index >= 15 is 0 Å². The summed E-state index contributed by atoms with van der Waals surface area (Å²) < 4.78 is 11.7. The predicted octanol–water partition coefficient (Wildman–Crippen LogP) is 2.79. The van der Waals surface area contributed by atoms with Crippen LogP contribution in [0.1, 0.15) is 5.56 Å². The van der Waals surface area contributed by atoms with E-state index in [1.165, 1.54) is 0 Å². The minimum absolute atomic E-state index is 0.304. The second kappa shape index (κ2) is 4.55. The lowest BCUT2D eigenvalue weighted by molar-refractivity contribution is 0.341. The lowest BCUT2D eigenvalue weighted by Crippen LogP contribution is -2.18. The molecule has 3 rings (SSSR count). The minimum atomic E-state index is 0.304. The number of nitrogens with two attached hydrogens (primary N) is 1. The first-order valence-corrected chi connectivity index (χ1v) is 5.82. The van der Waals surface area contributed by atoms with Crippen LogP contribution in [0.2, 0.25) is 0 Å². The van der Waals surface area contributed by atoms with Gasteiger partial charge in [-0.1, -0.05) is 42.5 Å². The average Bonchev–Trinajstić information content (AvgIpc) is 2.46. The SMILES string of the molecule is NCC1=C(c2ccccc2)Oc2ccccc2O1. The van der Waals surface area contributed by atoms with E-state index < -0.39 is 0 Å². The molecule has 2 aromatic carbocycles. The second-order valence-corrected chi connectivity index (χ2v) is 3.97. The number of fused-ring (bicyclic) bond motifs is 1. The third-order valence-corrected chi connectivity index (χ3v) is 2.77. The van der Waals surface area contributed by atoms with Crippen LogP contribution in [-0.4, -0.2) is 6.54 Å². The quantitative estimate of drug-likeness (QED) is 0.876. The molecule has 0 fully saturated rings. The normalized spacial score (nSPS) is 13.6. The molecule has 0 bridgehead atoms. The van der Waals surface area contributed by atoms with Gasteiger partial charge in [-0.3, -0.25) is 0 Å². The Hall–Kier alpha value is -2.26. The lowest BCUT2D eigenvalue weighted by Gasteiger charge is -2.23. The van der Waals surface area contributed by atoms with Gasteiger partial charge in [0.1, 0.15) is 0 Å². The van der Waals surface area contributed by atoms with Gasteiger partial charge in [0.25, 0.3) is 0 Å². The molecule has 0 aromatic heterocycles. The van der Waals surface area contributed by atoms with E-state index in [2.05, 4.69) is 0 Å². The number of para-hydroxylation sites is 2. The molecule has 18 heavy (non-hydrogen) atoms. The van der Waals surface area contributed by atoms with Crippen LogP contribution in [0.4, 0.5) is 0 Å². The van der Waals surface area contributed by atoms with Gasteiger partial charge in [0.15, 0.2) is 23.0 Å². The Morgan fingerprint density at radius 3 is 2.06 bits per heavy atom. The zero-order valence-electron chi connectivity index (χ0n) is 9.80. The maximum absolute atomic E-state index is 5.90. The first kappa shape index (κ1) is 10.9. The number of benzene rings is 2. The van der Waals surface area contributed by atoms with Crippen molar-refractivity contribution in [3.05, 3.63) is 65.9 Å². The molecule has 0 saturated heterocycles. The lowest BCUT2D eigenvalue weighted by atomic mass is 10.1. The van der Waals surface area contributed by atoms with E-state index in [0.29, 0.717) is 29.6 Å². The fourth-order valence-corrected chi connectivity index (χ4v) is 1.91. The van der Waals surface area contributed by atoms with Crippen LogP contribution in [0.5, 0.6) is 11.5 Å². The summed E-state index contributed by atoms with van der Waals surface area (Å²) in [5.41, 5.74) is 6.69. The molecule has 0 atom stereocenters. The fraction of sp³-hybridized carbons (Fsp3) is 0.0667. The third kappa shape index (κ3) is 1.85. The molecule has 1 heterocycles. The van der Waals surface area contributed by atoms with E-state index in [9.17, 15) is 0 Å². The van der Waals surface area contributed by atoms with Crippen LogP contribution < -0.4 is 15.2 Å². The first-order valence-electron chi connectivity index (χ1n) is 5.82. The fourth-order valence-electron chi connectivity index (χ4n) is 1.91. The molecule has 2 aromatic rings. The van der Waals surface area contributed by atoms with E-state index in [1.54, 1.807) is 0 Å². The molecule has 0 spiro atoms. The van der Waals surface area contributed by atoms with Gasteiger partial charge in [-0.25, -0.2) is 0 Å². The van der Waals surface area contributed by atoms with Gasteiger partial charge in [0.05, 0.1) is 6.54 Å². The van der Waals surface area contributed by atoms with Gasteiger partial charge in [-0.2, -0.15) is 0 Å². The molecule has 0 radical (unpaired) electrons. The van der Waals surface area contributed by atoms with Gasteiger partial charge in [0.2, 0.25) is 0 Å². The van der Waals surface area contributed by atoms with Crippen molar-refractivity contribution in [1.29, 1.82) is 0 Å². The Morgan fingerprint density at radius 2 is 1.39 bits per heavy atom. The van der Waals surface area contributed by atoms with E-state index in [1.807, 2.05) is 54.6 Å². The van der Waals surface area contributed by atoms with Crippen molar-refractivity contribution in [3.8, 4) is 11.5 Å². The van der Waals surface area contributed by atoms with Gasteiger partial charge < -0.3 is 15.2 Å². The van der Waals surface area contributed by atoms with Gasteiger partial charge >= 0.3 is 0 Å². The Balaban J connectivity index is 2.06. The zero-order chi connectivity index (χ0) is 12.4. The molecule has 1 aliphatic rings. The Morgan fingerprint density at radius 1 is 0.778 bits per heavy atom. The molecule has 1 aliphatic heterocycles. The Kier molecular flexibility index (Phi) is 2.74. The molecule has 0 aliphatic carbocycles. The number of hydrogen-bond acceptors (Lipinski definition) is 3. The summed E-state index contributed by atoms with van der Waals surface area (Å²) in [6.07, 6.45) is 0. The maximum atomic E-state index is 5.90. The summed E-state index contributed by atoms with van der Waals surface area (Å²) in [5.74, 6) is 2.77. The van der Waals surface area contributed by atoms with Crippen molar-refractivity contribution in [2.24, 2.45) is 5.73 Å². The van der Waals surface area contributed by atoms with E-state index in [0.717, 1.165) is 5.56 Å². The van der Waals surface area contributed by atoms with Gasteiger partial charge in [-0.05, 0) is 12.1 Å². The molecule has 3 heteroatoms. The highest BCUT2D eigenvalue weighted by Gasteiger charge is 2.21. The van der Waals surface area contributed by atoms with Gasteiger partial charge in [0, 0.05) is 5.56 Å².